The molecule has 1 fully saturated rings. The van der Waals surface area contributed by atoms with Gasteiger partial charge in [0.05, 0.1) is 6.10 Å². The predicted molar refractivity (Wildman–Crippen MR) is 85.5 cm³/mol. The van der Waals surface area contributed by atoms with Crippen LogP contribution >= 0.6 is 0 Å². The van der Waals surface area contributed by atoms with E-state index in [0.29, 0.717) is 17.4 Å². The third-order valence-electron chi connectivity index (χ3n) is 4.07. The van der Waals surface area contributed by atoms with Crippen molar-refractivity contribution in [1.82, 2.24) is 14.9 Å². The summed E-state index contributed by atoms with van der Waals surface area (Å²) in [6.07, 6.45) is 3.89. The van der Waals surface area contributed by atoms with E-state index in [1.54, 1.807) is 0 Å². The molecular weight excluding hydrogens is 266 g/mol. The minimum Gasteiger partial charge on any atom is -0.473 e. The average molecular weight is 293 g/mol. The van der Waals surface area contributed by atoms with Gasteiger partial charge in [-0.1, -0.05) is 6.92 Å². The van der Waals surface area contributed by atoms with Crippen LogP contribution in [0.15, 0.2) is 6.33 Å². The number of aromatic nitrogens is 2. The second-order valence-corrected chi connectivity index (χ2v) is 6.58. The Kier molecular flexibility index (Phi) is 4.88. The van der Waals surface area contributed by atoms with Gasteiger partial charge in [0.25, 0.3) is 0 Å². The van der Waals surface area contributed by atoms with Gasteiger partial charge in [-0.3, -0.25) is 0 Å². The largest absolute Gasteiger partial charge is 0.473 e. The summed E-state index contributed by atoms with van der Waals surface area (Å²) in [6.45, 7) is 9.36. The lowest BCUT2D eigenvalue weighted by atomic mass is 9.80. The van der Waals surface area contributed by atoms with E-state index in [9.17, 15) is 0 Å². The van der Waals surface area contributed by atoms with Gasteiger partial charge in [0.2, 0.25) is 5.88 Å². The Morgan fingerprint density at radius 3 is 2.67 bits per heavy atom. The fourth-order valence-corrected chi connectivity index (χ4v) is 2.47. The van der Waals surface area contributed by atoms with Gasteiger partial charge in [0, 0.05) is 6.54 Å². The Labute approximate surface area is 127 Å². The number of nitrogens with zero attached hydrogens (tertiary/aromatic N) is 3. The number of anilines is 2. The highest BCUT2D eigenvalue weighted by molar-refractivity contribution is 5.66. The molecular formula is C15H27N5O. The monoisotopic (exact) mass is 293 g/mol. The van der Waals surface area contributed by atoms with Gasteiger partial charge in [-0.15, -0.1) is 0 Å². The van der Waals surface area contributed by atoms with E-state index in [1.165, 1.54) is 19.2 Å². The van der Waals surface area contributed by atoms with Crippen LogP contribution in [0, 0.1) is 5.41 Å². The topological polar surface area (TPSA) is 76.3 Å². The molecule has 2 heterocycles. The van der Waals surface area contributed by atoms with Gasteiger partial charge in [-0.05, 0) is 52.2 Å². The maximum absolute atomic E-state index is 6.09. The van der Waals surface area contributed by atoms with Crippen LogP contribution in [-0.4, -0.2) is 47.7 Å². The van der Waals surface area contributed by atoms with Gasteiger partial charge in [0.15, 0.2) is 5.82 Å². The number of rotatable bonds is 5. The molecule has 0 bridgehead atoms. The number of hydrogen-bond acceptors (Lipinski definition) is 6. The molecule has 0 unspecified atom stereocenters. The summed E-state index contributed by atoms with van der Waals surface area (Å²) >= 11 is 0. The van der Waals surface area contributed by atoms with Crippen molar-refractivity contribution in [3.8, 4) is 5.88 Å². The van der Waals surface area contributed by atoms with Crippen molar-refractivity contribution in [2.45, 2.75) is 39.7 Å². The second kappa shape index (κ2) is 6.47. The van der Waals surface area contributed by atoms with E-state index < -0.39 is 0 Å². The molecule has 0 aromatic carbocycles. The van der Waals surface area contributed by atoms with Crippen LogP contribution in [0.5, 0.6) is 5.88 Å². The van der Waals surface area contributed by atoms with E-state index in [4.69, 9.17) is 10.5 Å². The van der Waals surface area contributed by atoms with Crippen molar-refractivity contribution in [3.63, 3.8) is 0 Å². The number of ether oxygens (including phenoxy) is 1. The molecule has 1 saturated heterocycles. The zero-order valence-corrected chi connectivity index (χ0v) is 13.5. The van der Waals surface area contributed by atoms with Crippen molar-refractivity contribution >= 4 is 11.5 Å². The van der Waals surface area contributed by atoms with E-state index in [-0.39, 0.29) is 11.5 Å². The SMILES string of the molecule is CC(C)Oc1ncnc(NCC2(C)CCN(C)CC2)c1N. The van der Waals surface area contributed by atoms with Crippen molar-refractivity contribution in [2.24, 2.45) is 5.41 Å². The molecule has 6 nitrogen and oxygen atoms in total. The third-order valence-corrected chi connectivity index (χ3v) is 4.07. The first-order valence-electron chi connectivity index (χ1n) is 7.59. The number of likely N-dealkylation sites (tertiary alicyclic amines) is 1. The van der Waals surface area contributed by atoms with Crippen LogP contribution in [0.4, 0.5) is 11.5 Å². The lowest BCUT2D eigenvalue weighted by molar-refractivity contribution is 0.150. The van der Waals surface area contributed by atoms with Crippen LogP contribution in [0.1, 0.15) is 33.6 Å². The van der Waals surface area contributed by atoms with Crippen molar-refractivity contribution in [2.75, 3.05) is 37.7 Å². The minimum absolute atomic E-state index is 0.0430. The summed E-state index contributed by atoms with van der Waals surface area (Å²) in [7, 11) is 2.17. The van der Waals surface area contributed by atoms with Gasteiger partial charge in [-0.25, -0.2) is 4.98 Å². The van der Waals surface area contributed by atoms with Crippen LogP contribution in [0.2, 0.25) is 0 Å². The first kappa shape index (κ1) is 15.8. The predicted octanol–water partition coefficient (Wildman–Crippen LogP) is 1.99. The zero-order chi connectivity index (χ0) is 15.5. The first-order valence-corrected chi connectivity index (χ1v) is 7.59. The number of piperidine rings is 1. The van der Waals surface area contributed by atoms with E-state index in [2.05, 4.69) is 34.2 Å². The van der Waals surface area contributed by atoms with Crippen molar-refractivity contribution < 1.29 is 4.74 Å². The smallest absolute Gasteiger partial charge is 0.242 e. The number of nitrogen functional groups attached to an aromatic ring is 1. The van der Waals surface area contributed by atoms with Gasteiger partial charge in [0.1, 0.15) is 12.0 Å². The van der Waals surface area contributed by atoms with Gasteiger partial charge < -0.3 is 20.7 Å². The molecule has 3 N–H and O–H groups in total. The number of hydrogen-bond donors (Lipinski definition) is 2. The fourth-order valence-electron chi connectivity index (χ4n) is 2.47. The summed E-state index contributed by atoms with van der Waals surface area (Å²) < 4.78 is 5.59. The molecule has 1 aliphatic rings. The van der Waals surface area contributed by atoms with Crippen LogP contribution < -0.4 is 15.8 Å². The highest BCUT2D eigenvalue weighted by Crippen LogP contribution is 2.32. The maximum Gasteiger partial charge on any atom is 0.242 e. The second-order valence-electron chi connectivity index (χ2n) is 6.58. The Morgan fingerprint density at radius 1 is 1.38 bits per heavy atom. The summed E-state index contributed by atoms with van der Waals surface area (Å²) in [5.74, 6) is 1.12. The molecule has 1 aromatic heterocycles. The molecule has 0 amide bonds. The number of nitrogens with one attached hydrogen (secondary N) is 1. The van der Waals surface area contributed by atoms with E-state index in [0.717, 1.165) is 19.6 Å². The number of nitrogens with two attached hydrogens (primary N) is 1. The molecule has 0 spiro atoms. The molecule has 2 rings (SSSR count). The molecule has 1 aliphatic heterocycles. The Hall–Kier alpha value is -1.56. The molecule has 0 atom stereocenters. The molecule has 21 heavy (non-hydrogen) atoms. The van der Waals surface area contributed by atoms with Crippen molar-refractivity contribution in [3.05, 3.63) is 6.33 Å². The molecule has 0 saturated carbocycles. The molecule has 0 aliphatic carbocycles. The zero-order valence-electron chi connectivity index (χ0n) is 13.5. The average Bonchev–Trinajstić information content (AvgIpc) is 2.43. The lowest BCUT2D eigenvalue weighted by Gasteiger charge is -2.38. The molecule has 6 heteroatoms. The Balaban J connectivity index is 2.00. The molecule has 118 valence electrons. The van der Waals surface area contributed by atoms with Crippen LogP contribution in [-0.2, 0) is 0 Å². The van der Waals surface area contributed by atoms with E-state index in [1.807, 2.05) is 13.8 Å². The Morgan fingerprint density at radius 2 is 2.05 bits per heavy atom. The summed E-state index contributed by atoms with van der Waals surface area (Å²) in [5, 5.41) is 3.38. The van der Waals surface area contributed by atoms with Crippen molar-refractivity contribution in [1.29, 1.82) is 0 Å². The fraction of sp³-hybridized carbons (Fsp3) is 0.733. The third kappa shape index (κ3) is 4.20. The van der Waals surface area contributed by atoms with E-state index >= 15 is 0 Å². The van der Waals surface area contributed by atoms with Crippen LogP contribution in [0.3, 0.4) is 0 Å². The lowest BCUT2D eigenvalue weighted by Crippen LogP contribution is -2.40. The summed E-state index contributed by atoms with van der Waals surface area (Å²) in [4.78, 5) is 10.7. The molecule has 0 radical (unpaired) electrons. The maximum atomic E-state index is 6.09. The van der Waals surface area contributed by atoms with Gasteiger partial charge in [-0.2, -0.15) is 4.98 Å². The molecule has 1 aromatic rings. The Bertz CT molecular complexity index is 469. The highest BCUT2D eigenvalue weighted by Gasteiger charge is 2.29. The highest BCUT2D eigenvalue weighted by atomic mass is 16.5. The first-order chi connectivity index (χ1) is 9.89. The minimum atomic E-state index is 0.0430. The quantitative estimate of drug-likeness (QED) is 0.864. The standard InChI is InChI=1S/C15H27N5O/c1-11(2)21-14-12(16)13(18-10-19-14)17-9-15(3)5-7-20(4)8-6-15/h10-11H,5-9,16H2,1-4H3,(H,17,18,19). The van der Waals surface area contributed by atoms with Crippen LogP contribution in [0.25, 0.3) is 0 Å². The van der Waals surface area contributed by atoms with Gasteiger partial charge >= 0.3 is 0 Å². The summed E-state index contributed by atoms with van der Waals surface area (Å²) in [5.41, 5.74) is 6.86. The normalized spacial score (nSPS) is 18.7. The summed E-state index contributed by atoms with van der Waals surface area (Å²) in [6, 6.07) is 0.